The van der Waals surface area contributed by atoms with E-state index in [2.05, 4.69) is 30.6 Å². The number of pyridine rings is 1. The average Bonchev–Trinajstić information content (AvgIpc) is 2.74. The van der Waals surface area contributed by atoms with Gasteiger partial charge in [0.2, 0.25) is 0 Å². The number of rotatable bonds is 2. The summed E-state index contributed by atoms with van der Waals surface area (Å²) in [6.45, 7) is -0.339. The number of fused-ring (bicyclic) bond motifs is 1. The second-order valence-corrected chi connectivity index (χ2v) is 4.06. The topological polar surface area (TPSA) is 98.1 Å². The third-order valence-electron chi connectivity index (χ3n) is 2.07. The molecule has 7 heteroatoms. The van der Waals surface area contributed by atoms with Gasteiger partial charge in [0.05, 0.1) is 6.54 Å². The summed E-state index contributed by atoms with van der Waals surface area (Å²) in [6, 6.07) is 3.30. The number of ether oxygens (including phenoxy) is 1. The maximum absolute atomic E-state index is 11.5. The number of carbonyl (C=O) groups excluding carboxylic acids is 2. The molecule has 0 fully saturated rings. The minimum absolute atomic E-state index is 0.154. The van der Waals surface area contributed by atoms with Gasteiger partial charge in [-0.3, -0.25) is 4.79 Å². The van der Waals surface area contributed by atoms with Crippen molar-refractivity contribution in [2.75, 3.05) is 6.54 Å². The lowest BCUT2D eigenvalue weighted by Gasteiger charge is -1.97. The van der Waals surface area contributed by atoms with Gasteiger partial charge in [-0.25, -0.2) is 9.78 Å². The lowest BCUT2D eigenvalue weighted by atomic mass is 10.3. The maximum Gasteiger partial charge on any atom is 0.362 e. The average molecular weight is 298 g/mol. The lowest BCUT2D eigenvalue weighted by molar-refractivity contribution is -0.136. The zero-order valence-corrected chi connectivity index (χ0v) is 10.2. The molecular formula is C10H8BrN3O3. The number of carbonyl (C=O) groups is 2. The molecule has 0 saturated carbocycles. The molecule has 0 radical (unpaired) electrons. The molecule has 0 aromatic carbocycles. The van der Waals surface area contributed by atoms with E-state index in [-0.39, 0.29) is 12.2 Å². The molecule has 0 amide bonds. The fourth-order valence-electron chi connectivity index (χ4n) is 1.30. The number of nitrogens with zero attached hydrogens (tertiary/aromatic N) is 1. The summed E-state index contributed by atoms with van der Waals surface area (Å²) < 4.78 is 5.27. The van der Waals surface area contributed by atoms with Gasteiger partial charge in [0.25, 0.3) is 0 Å². The third-order valence-corrected chi connectivity index (χ3v) is 2.76. The van der Waals surface area contributed by atoms with Gasteiger partial charge >= 0.3 is 11.9 Å². The predicted octanol–water partition coefficient (Wildman–Crippen LogP) is 0.967. The minimum atomic E-state index is -0.777. The summed E-state index contributed by atoms with van der Waals surface area (Å²) in [5, 5.41) is 0.736. The molecule has 0 atom stereocenters. The number of hydrogen-bond donors (Lipinski definition) is 2. The number of nitrogens with one attached hydrogen (secondary N) is 1. The Balaban J connectivity index is 2.34. The van der Waals surface area contributed by atoms with Crippen LogP contribution in [0.3, 0.4) is 0 Å². The van der Waals surface area contributed by atoms with Crippen LogP contribution >= 0.6 is 15.9 Å². The molecule has 17 heavy (non-hydrogen) atoms. The molecule has 0 aliphatic carbocycles. The largest absolute Gasteiger partial charge is 0.387 e. The van der Waals surface area contributed by atoms with Gasteiger partial charge in [-0.2, -0.15) is 0 Å². The number of aromatic amines is 1. The van der Waals surface area contributed by atoms with Gasteiger partial charge in [-0.05, 0) is 28.1 Å². The molecule has 88 valence electrons. The van der Waals surface area contributed by atoms with E-state index in [1.807, 2.05) is 0 Å². The smallest absolute Gasteiger partial charge is 0.362 e. The van der Waals surface area contributed by atoms with Crippen LogP contribution in [0.15, 0.2) is 22.8 Å². The lowest BCUT2D eigenvalue weighted by Crippen LogP contribution is -2.20. The second-order valence-electron chi connectivity index (χ2n) is 3.20. The van der Waals surface area contributed by atoms with Crippen molar-refractivity contribution >= 4 is 38.9 Å². The molecule has 0 aliphatic heterocycles. The van der Waals surface area contributed by atoms with Crippen LogP contribution in [-0.2, 0) is 9.53 Å². The summed E-state index contributed by atoms with van der Waals surface area (Å²) in [4.78, 5) is 29.2. The molecule has 2 rings (SSSR count). The van der Waals surface area contributed by atoms with Crippen LogP contribution in [0.1, 0.15) is 10.5 Å². The van der Waals surface area contributed by atoms with E-state index < -0.39 is 11.9 Å². The Bertz CT molecular complexity index is 593. The number of esters is 2. The Morgan fingerprint density at radius 3 is 2.94 bits per heavy atom. The molecule has 0 unspecified atom stereocenters. The van der Waals surface area contributed by atoms with Crippen LogP contribution in [0.2, 0.25) is 0 Å². The molecule has 2 heterocycles. The molecule has 2 aromatic rings. The Morgan fingerprint density at radius 1 is 1.53 bits per heavy atom. The number of aromatic nitrogens is 2. The summed E-state index contributed by atoms with van der Waals surface area (Å²) in [5.74, 6) is -1.55. The van der Waals surface area contributed by atoms with Crippen molar-refractivity contribution < 1.29 is 14.3 Å². The Hall–Kier alpha value is -1.73. The van der Waals surface area contributed by atoms with Crippen molar-refractivity contribution in [1.29, 1.82) is 0 Å². The highest BCUT2D eigenvalue weighted by atomic mass is 79.9. The zero-order chi connectivity index (χ0) is 12.4. The van der Waals surface area contributed by atoms with Crippen LogP contribution in [0, 0.1) is 0 Å². The second kappa shape index (κ2) is 4.64. The van der Waals surface area contributed by atoms with Crippen molar-refractivity contribution in [3.05, 3.63) is 28.5 Å². The zero-order valence-electron chi connectivity index (χ0n) is 8.57. The summed E-state index contributed by atoms with van der Waals surface area (Å²) >= 11 is 3.32. The van der Waals surface area contributed by atoms with Gasteiger partial charge in [0, 0.05) is 16.1 Å². The number of hydrogen-bond acceptors (Lipinski definition) is 5. The van der Waals surface area contributed by atoms with E-state index in [1.54, 1.807) is 18.3 Å². The molecule has 0 saturated heterocycles. The molecular weight excluding hydrogens is 290 g/mol. The predicted molar refractivity (Wildman–Crippen MR) is 63.3 cm³/mol. The first kappa shape index (κ1) is 11.7. The fourth-order valence-corrected chi connectivity index (χ4v) is 1.73. The van der Waals surface area contributed by atoms with Gasteiger partial charge in [0.15, 0.2) is 0 Å². The first-order chi connectivity index (χ1) is 8.11. The van der Waals surface area contributed by atoms with E-state index in [4.69, 9.17) is 5.73 Å². The van der Waals surface area contributed by atoms with E-state index >= 15 is 0 Å². The highest BCUT2D eigenvalue weighted by molar-refractivity contribution is 9.10. The standard InChI is InChI=1S/C10H8BrN3O3/c11-6-1-2-13-9-5(6)3-7(14-9)10(16)17-8(15)4-12/h1-3H,4,12H2,(H,13,14). The molecule has 0 bridgehead atoms. The van der Waals surface area contributed by atoms with Gasteiger partial charge in [-0.1, -0.05) is 0 Å². The molecule has 0 spiro atoms. The molecule has 0 aliphatic rings. The van der Waals surface area contributed by atoms with Crippen LogP contribution in [0.4, 0.5) is 0 Å². The van der Waals surface area contributed by atoms with Gasteiger partial charge in [-0.15, -0.1) is 0 Å². The van der Waals surface area contributed by atoms with Gasteiger partial charge < -0.3 is 15.5 Å². The van der Waals surface area contributed by atoms with Crippen LogP contribution in [0.25, 0.3) is 11.0 Å². The normalized spacial score (nSPS) is 10.5. The number of halogens is 1. The maximum atomic E-state index is 11.5. The molecule has 6 nitrogen and oxygen atoms in total. The fraction of sp³-hybridized carbons (Fsp3) is 0.100. The van der Waals surface area contributed by atoms with E-state index in [9.17, 15) is 9.59 Å². The Kier molecular flexibility index (Phi) is 3.21. The Labute approximate surface area is 104 Å². The number of H-pyrrole nitrogens is 1. The van der Waals surface area contributed by atoms with Crippen molar-refractivity contribution in [2.45, 2.75) is 0 Å². The first-order valence-corrected chi connectivity index (χ1v) is 5.49. The van der Waals surface area contributed by atoms with Gasteiger partial charge in [0.1, 0.15) is 11.3 Å². The third kappa shape index (κ3) is 2.34. The van der Waals surface area contributed by atoms with Crippen molar-refractivity contribution in [2.24, 2.45) is 5.73 Å². The summed E-state index contributed by atoms with van der Waals surface area (Å²) in [7, 11) is 0. The highest BCUT2D eigenvalue weighted by Crippen LogP contribution is 2.22. The molecule has 3 N–H and O–H groups in total. The van der Waals surface area contributed by atoms with Crippen LogP contribution in [0.5, 0.6) is 0 Å². The first-order valence-electron chi connectivity index (χ1n) is 4.70. The SMILES string of the molecule is NCC(=O)OC(=O)c1cc2c(Br)ccnc2[nH]1. The van der Waals surface area contributed by atoms with Crippen LogP contribution in [-0.4, -0.2) is 28.5 Å². The monoisotopic (exact) mass is 297 g/mol. The van der Waals surface area contributed by atoms with E-state index in [0.29, 0.717) is 5.65 Å². The number of nitrogens with two attached hydrogens (primary N) is 1. The summed E-state index contributed by atoms with van der Waals surface area (Å²) in [5.41, 5.74) is 5.73. The Morgan fingerprint density at radius 2 is 2.29 bits per heavy atom. The van der Waals surface area contributed by atoms with Crippen molar-refractivity contribution in [3.8, 4) is 0 Å². The van der Waals surface area contributed by atoms with E-state index in [1.165, 1.54) is 0 Å². The van der Waals surface area contributed by atoms with Crippen molar-refractivity contribution in [3.63, 3.8) is 0 Å². The minimum Gasteiger partial charge on any atom is -0.387 e. The van der Waals surface area contributed by atoms with E-state index in [0.717, 1.165) is 9.86 Å². The van der Waals surface area contributed by atoms with Crippen molar-refractivity contribution in [1.82, 2.24) is 9.97 Å². The highest BCUT2D eigenvalue weighted by Gasteiger charge is 2.15. The summed E-state index contributed by atoms with van der Waals surface area (Å²) in [6.07, 6.45) is 1.59. The molecule has 2 aromatic heterocycles. The quantitative estimate of drug-likeness (QED) is 0.636. The van der Waals surface area contributed by atoms with Crippen LogP contribution < -0.4 is 5.73 Å².